The predicted octanol–water partition coefficient (Wildman–Crippen LogP) is 4.32. The van der Waals surface area contributed by atoms with Crippen LogP contribution in [-0.4, -0.2) is 54.3 Å². The quantitative estimate of drug-likeness (QED) is 0.336. The maximum Gasteiger partial charge on any atom is 0.310 e. The second-order valence-corrected chi connectivity index (χ2v) is 10.4. The molecule has 0 saturated carbocycles. The normalized spacial score (nSPS) is 16.1. The van der Waals surface area contributed by atoms with Crippen LogP contribution in [-0.2, 0) is 23.4 Å². The molecule has 9 nitrogen and oxygen atoms in total. The minimum Gasteiger partial charge on any atom is -0.481 e. The van der Waals surface area contributed by atoms with Crippen LogP contribution in [0.1, 0.15) is 49.3 Å². The molecule has 0 aliphatic carbocycles. The highest BCUT2D eigenvalue weighted by Crippen LogP contribution is 2.38. The molecule has 1 aliphatic rings. The van der Waals surface area contributed by atoms with E-state index in [0.717, 1.165) is 5.69 Å². The lowest BCUT2D eigenvalue weighted by molar-refractivity contribution is -0.152. The van der Waals surface area contributed by atoms with Gasteiger partial charge in [0.1, 0.15) is 17.1 Å². The van der Waals surface area contributed by atoms with E-state index in [1.807, 2.05) is 4.90 Å². The van der Waals surface area contributed by atoms with Crippen molar-refractivity contribution in [1.29, 1.82) is 0 Å². The summed E-state index contributed by atoms with van der Waals surface area (Å²) in [6, 6.07) is 6.48. The third kappa shape index (κ3) is 5.89. The van der Waals surface area contributed by atoms with E-state index >= 15 is 4.39 Å². The highest BCUT2D eigenvalue weighted by atomic mass is 35.5. The van der Waals surface area contributed by atoms with Crippen molar-refractivity contribution in [3.05, 3.63) is 63.6 Å². The van der Waals surface area contributed by atoms with Gasteiger partial charge in [0.25, 0.3) is 0 Å². The number of hydrogen-bond donors (Lipinski definition) is 4. The van der Waals surface area contributed by atoms with Crippen LogP contribution in [0.15, 0.2) is 24.3 Å². The fourth-order valence-electron chi connectivity index (χ4n) is 4.51. The first kappa shape index (κ1) is 26.9. The number of benzene rings is 1. The number of aliphatic carboxylic acids is 1. The van der Waals surface area contributed by atoms with Crippen molar-refractivity contribution in [3.63, 3.8) is 0 Å². The number of H-pyrrole nitrogens is 1. The lowest BCUT2D eigenvalue weighted by atomic mass is 9.74. The monoisotopic (exact) mass is 534 g/mol. The number of nitrogens with zero attached hydrogens (tertiary/aromatic N) is 4. The van der Waals surface area contributed by atoms with Crippen molar-refractivity contribution < 1.29 is 23.8 Å². The molecule has 1 aromatic carbocycles. The van der Waals surface area contributed by atoms with E-state index in [2.05, 4.69) is 25.5 Å². The number of carbonyl (C=O) groups is 1. The zero-order chi connectivity index (χ0) is 27.0. The number of likely N-dealkylation sites (tertiary alicyclic amines) is 1. The zero-order valence-corrected chi connectivity index (χ0v) is 21.5. The van der Waals surface area contributed by atoms with Gasteiger partial charge in [-0.1, -0.05) is 23.7 Å². The van der Waals surface area contributed by atoms with Gasteiger partial charge in [0.05, 0.1) is 16.1 Å². The van der Waals surface area contributed by atoms with Crippen LogP contribution in [0.3, 0.4) is 0 Å². The molecule has 1 aliphatic heterocycles. The van der Waals surface area contributed by atoms with Crippen LogP contribution in [0.5, 0.6) is 0 Å². The Morgan fingerprint density at radius 1 is 1.24 bits per heavy atom. The van der Waals surface area contributed by atoms with Crippen molar-refractivity contribution in [2.75, 3.05) is 18.4 Å². The van der Waals surface area contributed by atoms with Crippen LogP contribution in [0.2, 0.25) is 5.02 Å². The molecule has 2 aromatic heterocycles. The molecule has 0 radical (unpaired) electrons. The predicted molar refractivity (Wildman–Crippen MR) is 134 cm³/mol. The van der Waals surface area contributed by atoms with Crippen molar-refractivity contribution >= 4 is 29.3 Å². The van der Waals surface area contributed by atoms with Crippen LogP contribution in [0, 0.1) is 24.0 Å². The Kier molecular flexibility index (Phi) is 7.50. The number of anilines is 2. The van der Waals surface area contributed by atoms with Gasteiger partial charge in [0, 0.05) is 30.3 Å². The van der Waals surface area contributed by atoms with E-state index in [1.165, 1.54) is 19.9 Å². The van der Waals surface area contributed by atoms with Gasteiger partial charge < -0.3 is 15.5 Å². The molecule has 0 atom stereocenters. The number of aromatic amines is 1. The molecule has 3 heterocycles. The van der Waals surface area contributed by atoms with Crippen LogP contribution in [0.4, 0.5) is 20.5 Å². The number of piperidine rings is 1. The Balaban J connectivity index is 1.59. The average Bonchev–Trinajstić information content (AvgIpc) is 3.23. The van der Waals surface area contributed by atoms with Crippen molar-refractivity contribution in [2.45, 2.75) is 52.2 Å². The molecular weight excluding hydrogens is 506 g/mol. The van der Waals surface area contributed by atoms with Gasteiger partial charge in [-0.05, 0) is 52.8 Å². The van der Waals surface area contributed by atoms with E-state index in [1.54, 1.807) is 25.1 Å². The third-order valence-electron chi connectivity index (χ3n) is 6.64. The molecule has 37 heavy (non-hydrogen) atoms. The summed E-state index contributed by atoms with van der Waals surface area (Å²) < 4.78 is 29.9. The SMILES string of the molecule is Cc1cc(Nc2nc(CC3(C(=O)O)CCN(Cc4cccc(Cl)c4F)CC3)c(F)c(C(C)(C)O)n2)n[nH]1. The maximum absolute atomic E-state index is 15.5. The van der Waals surface area contributed by atoms with E-state index in [9.17, 15) is 19.4 Å². The van der Waals surface area contributed by atoms with Gasteiger partial charge in [-0.25, -0.2) is 18.7 Å². The number of carboxylic acid groups (broad SMARTS) is 1. The topological polar surface area (TPSA) is 127 Å². The molecule has 198 valence electrons. The molecule has 0 unspecified atom stereocenters. The van der Waals surface area contributed by atoms with Crippen LogP contribution in [0.25, 0.3) is 0 Å². The summed E-state index contributed by atoms with van der Waals surface area (Å²) in [6.07, 6.45) is 0.202. The van der Waals surface area contributed by atoms with Crippen LogP contribution < -0.4 is 5.32 Å². The lowest BCUT2D eigenvalue weighted by Crippen LogP contribution is -2.45. The number of carboxylic acids is 1. The van der Waals surface area contributed by atoms with Gasteiger partial charge in [0.15, 0.2) is 11.6 Å². The largest absolute Gasteiger partial charge is 0.481 e. The highest BCUT2D eigenvalue weighted by molar-refractivity contribution is 6.30. The summed E-state index contributed by atoms with van der Waals surface area (Å²) in [5, 5.41) is 30.5. The summed E-state index contributed by atoms with van der Waals surface area (Å²) >= 11 is 5.89. The Labute approximate surface area is 217 Å². The van der Waals surface area contributed by atoms with E-state index in [4.69, 9.17) is 11.6 Å². The number of hydrogen-bond acceptors (Lipinski definition) is 7. The summed E-state index contributed by atoms with van der Waals surface area (Å²) in [6.45, 7) is 5.60. The van der Waals surface area contributed by atoms with Gasteiger partial charge in [-0.15, -0.1) is 0 Å². The number of aryl methyl sites for hydroxylation is 1. The number of rotatable bonds is 8. The van der Waals surface area contributed by atoms with Gasteiger partial charge >= 0.3 is 5.97 Å². The van der Waals surface area contributed by atoms with Crippen molar-refractivity contribution in [1.82, 2.24) is 25.1 Å². The molecule has 12 heteroatoms. The number of nitrogens with one attached hydrogen (secondary N) is 2. The fourth-order valence-corrected chi connectivity index (χ4v) is 4.70. The minimum absolute atomic E-state index is 0.00516. The summed E-state index contributed by atoms with van der Waals surface area (Å²) in [5.74, 6) is -2.02. The van der Waals surface area contributed by atoms with E-state index in [0.29, 0.717) is 24.5 Å². The second-order valence-electron chi connectivity index (χ2n) is 10.0. The first-order chi connectivity index (χ1) is 17.4. The molecule has 0 spiro atoms. The minimum atomic E-state index is -1.64. The first-order valence-electron chi connectivity index (χ1n) is 11.8. The summed E-state index contributed by atoms with van der Waals surface area (Å²) in [7, 11) is 0. The Hall–Kier alpha value is -3.15. The summed E-state index contributed by atoms with van der Waals surface area (Å²) in [4.78, 5) is 22.8. The molecule has 4 N–H and O–H groups in total. The molecule has 0 bridgehead atoms. The molecule has 0 amide bonds. The van der Waals surface area contributed by atoms with Crippen molar-refractivity contribution in [3.8, 4) is 0 Å². The lowest BCUT2D eigenvalue weighted by Gasteiger charge is -2.39. The van der Waals surface area contributed by atoms with Gasteiger partial charge in [0.2, 0.25) is 5.95 Å². The number of aromatic nitrogens is 4. The Morgan fingerprint density at radius 3 is 2.54 bits per heavy atom. The maximum atomic E-state index is 15.5. The molecule has 1 saturated heterocycles. The number of halogens is 3. The van der Waals surface area contributed by atoms with E-state index in [-0.39, 0.29) is 48.2 Å². The average molecular weight is 535 g/mol. The van der Waals surface area contributed by atoms with Crippen LogP contribution >= 0.6 is 11.6 Å². The highest BCUT2D eigenvalue weighted by Gasteiger charge is 2.43. The molecule has 3 aromatic rings. The Morgan fingerprint density at radius 2 is 1.95 bits per heavy atom. The molecular formula is C25H29ClF2N6O3. The first-order valence-corrected chi connectivity index (χ1v) is 12.2. The number of aliphatic hydroxyl groups is 1. The van der Waals surface area contributed by atoms with Gasteiger partial charge in [-0.2, -0.15) is 5.10 Å². The summed E-state index contributed by atoms with van der Waals surface area (Å²) in [5.41, 5.74) is -2.09. The molecule has 1 fully saturated rings. The Bertz CT molecular complexity index is 1300. The third-order valence-corrected chi connectivity index (χ3v) is 6.94. The smallest absolute Gasteiger partial charge is 0.310 e. The molecule has 4 rings (SSSR count). The zero-order valence-electron chi connectivity index (χ0n) is 20.8. The standard InChI is InChI=1S/C25H29ClF2N6O3/c1-14-11-18(33-32-14)30-23-29-17(20(28)21(31-23)24(2,3)37)12-25(22(35)36)7-9-34(10-8-25)13-15-5-4-6-16(26)19(15)27/h4-6,11,37H,7-10,12-13H2,1-3H3,(H,35,36)(H2,29,30,31,32,33). The second kappa shape index (κ2) is 10.3. The fraction of sp³-hybridized carbons (Fsp3) is 0.440. The van der Waals surface area contributed by atoms with E-state index < -0.39 is 28.6 Å². The van der Waals surface area contributed by atoms with Crippen molar-refractivity contribution in [2.24, 2.45) is 5.41 Å². The van der Waals surface area contributed by atoms with Gasteiger partial charge in [-0.3, -0.25) is 14.8 Å².